The molecule has 3 heteroatoms. The Morgan fingerprint density at radius 1 is 1.20 bits per heavy atom. The minimum Gasteiger partial charge on any atom is -0.481 e. The summed E-state index contributed by atoms with van der Waals surface area (Å²) < 4.78 is -0.264. The SMILES string of the molecule is CCC(C)(C)C(C)(CC(C)(C)S)C(=O)O. The average Bonchev–Trinajstić information content (AvgIpc) is 2.00. The van der Waals surface area contributed by atoms with Gasteiger partial charge in [-0.15, -0.1) is 0 Å². The number of aliphatic carboxylic acids is 1. The van der Waals surface area contributed by atoms with Crippen LogP contribution in [0.1, 0.15) is 54.4 Å². The van der Waals surface area contributed by atoms with Gasteiger partial charge in [0, 0.05) is 4.75 Å². The normalized spacial score (nSPS) is 17.3. The molecule has 0 saturated carbocycles. The van der Waals surface area contributed by atoms with Crippen LogP contribution in [0.3, 0.4) is 0 Å². The van der Waals surface area contributed by atoms with E-state index < -0.39 is 11.4 Å². The molecule has 2 nitrogen and oxygen atoms in total. The third-order valence-corrected chi connectivity index (χ3v) is 3.79. The summed E-state index contributed by atoms with van der Waals surface area (Å²) in [6.45, 7) is 11.8. The highest BCUT2D eigenvalue weighted by atomic mass is 32.1. The van der Waals surface area contributed by atoms with Gasteiger partial charge in [0.2, 0.25) is 0 Å². The number of carboxylic acid groups (broad SMARTS) is 1. The van der Waals surface area contributed by atoms with Crippen molar-refractivity contribution in [2.24, 2.45) is 10.8 Å². The summed E-state index contributed by atoms with van der Waals surface area (Å²) in [5.74, 6) is -0.725. The first-order chi connectivity index (χ1) is 6.46. The molecule has 0 aliphatic rings. The second-order valence-corrected chi connectivity index (χ2v) is 7.07. The topological polar surface area (TPSA) is 37.3 Å². The van der Waals surface area contributed by atoms with E-state index >= 15 is 0 Å². The van der Waals surface area contributed by atoms with Crippen molar-refractivity contribution in [1.29, 1.82) is 0 Å². The van der Waals surface area contributed by atoms with Crippen LogP contribution in [0.2, 0.25) is 0 Å². The van der Waals surface area contributed by atoms with E-state index in [0.717, 1.165) is 6.42 Å². The summed E-state index contributed by atoms with van der Waals surface area (Å²) in [5, 5.41) is 9.43. The average molecular weight is 232 g/mol. The second kappa shape index (κ2) is 4.36. The Hall–Kier alpha value is -0.180. The highest BCUT2D eigenvalue weighted by Crippen LogP contribution is 2.48. The van der Waals surface area contributed by atoms with Crippen molar-refractivity contribution in [2.75, 3.05) is 0 Å². The van der Waals surface area contributed by atoms with E-state index in [1.54, 1.807) is 0 Å². The van der Waals surface area contributed by atoms with Gasteiger partial charge in [-0.25, -0.2) is 0 Å². The molecule has 0 aromatic carbocycles. The molecule has 0 heterocycles. The smallest absolute Gasteiger partial charge is 0.309 e. The van der Waals surface area contributed by atoms with Crippen molar-refractivity contribution in [3.8, 4) is 0 Å². The maximum Gasteiger partial charge on any atom is 0.309 e. The van der Waals surface area contributed by atoms with Crippen LogP contribution in [-0.2, 0) is 4.79 Å². The Morgan fingerprint density at radius 2 is 1.60 bits per heavy atom. The molecule has 0 spiro atoms. The molecular weight excluding hydrogens is 208 g/mol. The van der Waals surface area contributed by atoms with Crippen LogP contribution in [0.25, 0.3) is 0 Å². The van der Waals surface area contributed by atoms with Gasteiger partial charge in [-0.1, -0.05) is 34.6 Å². The number of carbonyl (C=O) groups is 1. The lowest BCUT2D eigenvalue weighted by Gasteiger charge is -2.43. The lowest BCUT2D eigenvalue weighted by atomic mass is 9.61. The molecule has 0 saturated heterocycles. The van der Waals surface area contributed by atoms with Gasteiger partial charge >= 0.3 is 5.97 Å². The summed E-state index contributed by atoms with van der Waals surface area (Å²) in [5.41, 5.74) is -0.953. The molecule has 1 N–H and O–H groups in total. The molecule has 0 aliphatic carbocycles. The standard InChI is InChI=1S/C12H24O2S/c1-7-10(2,3)12(6,9(13)14)8-11(4,5)15/h15H,7-8H2,1-6H3,(H,13,14). The first kappa shape index (κ1) is 14.8. The zero-order chi connectivity index (χ0) is 12.5. The largest absolute Gasteiger partial charge is 0.481 e. The molecule has 0 aliphatic heterocycles. The van der Waals surface area contributed by atoms with Crippen molar-refractivity contribution in [2.45, 2.75) is 59.1 Å². The predicted molar refractivity (Wildman–Crippen MR) is 67.5 cm³/mol. The van der Waals surface area contributed by atoms with E-state index in [2.05, 4.69) is 12.6 Å². The van der Waals surface area contributed by atoms with Crippen molar-refractivity contribution in [3.63, 3.8) is 0 Å². The number of carboxylic acids is 1. The van der Waals surface area contributed by atoms with Gasteiger partial charge in [-0.05, 0) is 25.2 Å². The Bertz CT molecular complexity index is 240. The van der Waals surface area contributed by atoms with Crippen molar-refractivity contribution < 1.29 is 9.90 Å². The van der Waals surface area contributed by atoms with Crippen molar-refractivity contribution in [3.05, 3.63) is 0 Å². The molecule has 0 fully saturated rings. The zero-order valence-corrected chi connectivity index (χ0v) is 11.6. The summed E-state index contributed by atoms with van der Waals surface area (Å²) in [6.07, 6.45) is 1.42. The van der Waals surface area contributed by atoms with E-state index in [0.29, 0.717) is 6.42 Å². The highest BCUT2D eigenvalue weighted by Gasteiger charge is 2.48. The Morgan fingerprint density at radius 3 is 1.80 bits per heavy atom. The third-order valence-electron chi connectivity index (χ3n) is 3.64. The summed E-state index contributed by atoms with van der Waals surface area (Å²) in [6, 6.07) is 0. The first-order valence-corrected chi connectivity index (χ1v) is 5.87. The summed E-state index contributed by atoms with van der Waals surface area (Å²) >= 11 is 4.45. The molecule has 1 atom stereocenters. The molecule has 90 valence electrons. The van der Waals surface area contributed by atoms with Crippen LogP contribution < -0.4 is 0 Å². The van der Waals surface area contributed by atoms with Crippen LogP contribution in [0, 0.1) is 10.8 Å². The highest BCUT2D eigenvalue weighted by molar-refractivity contribution is 7.81. The fourth-order valence-electron chi connectivity index (χ4n) is 1.86. The minimum absolute atomic E-state index is 0.223. The van der Waals surface area contributed by atoms with E-state index in [1.807, 2.05) is 41.5 Å². The van der Waals surface area contributed by atoms with E-state index in [9.17, 15) is 9.90 Å². The van der Waals surface area contributed by atoms with Crippen LogP contribution in [0.5, 0.6) is 0 Å². The van der Waals surface area contributed by atoms with Crippen LogP contribution in [-0.4, -0.2) is 15.8 Å². The van der Waals surface area contributed by atoms with Crippen LogP contribution in [0.4, 0.5) is 0 Å². The maximum atomic E-state index is 11.5. The molecule has 0 radical (unpaired) electrons. The van der Waals surface area contributed by atoms with Gasteiger partial charge in [0.05, 0.1) is 5.41 Å². The molecular formula is C12H24O2S. The first-order valence-electron chi connectivity index (χ1n) is 5.42. The fourth-order valence-corrected chi connectivity index (χ4v) is 2.18. The van der Waals surface area contributed by atoms with Gasteiger partial charge in [-0.2, -0.15) is 12.6 Å². The Kier molecular flexibility index (Phi) is 4.31. The number of thiol groups is 1. The Labute approximate surface area is 98.9 Å². The van der Waals surface area contributed by atoms with E-state index in [4.69, 9.17) is 0 Å². The molecule has 0 aromatic rings. The minimum atomic E-state index is -0.729. The van der Waals surface area contributed by atoms with Crippen molar-refractivity contribution >= 4 is 18.6 Å². The summed E-state index contributed by atoms with van der Waals surface area (Å²) in [7, 11) is 0. The van der Waals surface area contributed by atoms with Gasteiger partial charge < -0.3 is 5.11 Å². The maximum absolute atomic E-state index is 11.5. The monoisotopic (exact) mass is 232 g/mol. The van der Waals surface area contributed by atoms with Gasteiger partial charge in [0.1, 0.15) is 0 Å². The van der Waals surface area contributed by atoms with Gasteiger partial charge in [-0.3, -0.25) is 4.79 Å². The zero-order valence-electron chi connectivity index (χ0n) is 10.7. The van der Waals surface area contributed by atoms with Crippen LogP contribution >= 0.6 is 12.6 Å². The quantitative estimate of drug-likeness (QED) is 0.710. The van der Waals surface area contributed by atoms with Gasteiger partial charge in [0.25, 0.3) is 0 Å². The Balaban J connectivity index is 5.18. The lowest BCUT2D eigenvalue weighted by Crippen LogP contribution is -2.45. The third kappa shape index (κ3) is 3.40. The van der Waals surface area contributed by atoms with Gasteiger partial charge in [0.15, 0.2) is 0 Å². The number of hydrogen-bond donors (Lipinski definition) is 2. The molecule has 15 heavy (non-hydrogen) atoms. The molecule has 0 amide bonds. The molecule has 0 aromatic heterocycles. The molecule has 0 rings (SSSR count). The second-order valence-electron chi connectivity index (χ2n) is 5.86. The summed E-state index contributed by atoms with van der Waals surface area (Å²) in [4.78, 5) is 11.5. The number of rotatable bonds is 5. The van der Waals surface area contributed by atoms with E-state index in [-0.39, 0.29) is 10.2 Å². The lowest BCUT2D eigenvalue weighted by molar-refractivity contribution is -0.157. The number of hydrogen-bond acceptors (Lipinski definition) is 2. The molecule has 1 unspecified atom stereocenters. The fraction of sp³-hybridized carbons (Fsp3) is 0.917. The predicted octanol–water partition coefficient (Wildman–Crippen LogP) is 3.61. The molecule has 0 bridgehead atoms. The van der Waals surface area contributed by atoms with E-state index in [1.165, 1.54) is 0 Å². The van der Waals surface area contributed by atoms with Crippen molar-refractivity contribution in [1.82, 2.24) is 0 Å². The van der Waals surface area contributed by atoms with Crippen LogP contribution in [0.15, 0.2) is 0 Å².